The van der Waals surface area contributed by atoms with E-state index in [9.17, 15) is 18.7 Å². The highest BCUT2D eigenvalue weighted by Gasteiger charge is 2.44. The number of carboxylic acid groups (broad SMARTS) is 1. The quantitative estimate of drug-likeness (QED) is 0.664. The normalized spacial score (nSPS) is 21.2. The van der Waals surface area contributed by atoms with Crippen molar-refractivity contribution < 1.29 is 32.5 Å². The Morgan fingerprint density at radius 3 is 2.58 bits per heavy atom. The molecule has 2 saturated heterocycles. The van der Waals surface area contributed by atoms with E-state index in [4.69, 9.17) is 9.47 Å². The molecule has 4 heterocycles. The highest BCUT2D eigenvalue weighted by atomic mass is 19.1. The third kappa shape index (κ3) is 4.65. The molecule has 8 nitrogen and oxygen atoms in total. The molecule has 3 aliphatic heterocycles. The van der Waals surface area contributed by atoms with Crippen LogP contribution in [0.1, 0.15) is 18.4 Å². The van der Waals surface area contributed by atoms with Gasteiger partial charge in [0.15, 0.2) is 17.4 Å². The predicted molar refractivity (Wildman–Crippen MR) is 127 cm³/mol. The number of aliphatic carboxylic acids is 1. The first kappa shape index (κ1) is 24.5. The molecule has 11 heteroatoms. The van der Waals surface area contributed by atoms with Crippen LogP contribution in [-0.4, -0.2) is 79.7 Å². The number of hydrogen-bond donors (Lipinski definition) is 1. The number of fused-ring (bicyclic) bond motifs is 1. The molecular formula is C25H27F3N4O4. The van der Waals surface area contributed by atoms with Crippen molar-refractivity contribution in [1.82, 2.24) is 9.88 Å². The third-order valence-electron chi connectivity index (χ3n) is 6.66. The molecule has 2 fully saturated rings. The molecule has 0 bridgehead atoms. The number of carboxylic acids is 1. The van der Waals surface area contributed by atoms with Gasteiger partial charge in [-0.3, -0.25) is 0 Å². The van der Waals surface area contributed by atoms with Crippen LogP contribution in [-0.2, 0) is 14.3 Å². The van der Waals surface area contributed by atoms with E-state index in [0.29, 0.717) is 38.6 Å². The SMILES string of the molecule is CN(C)CC1COC2(CCN(c3nc4c(cc3F)C=C(C(=O)O)CN4c3ccc(F)cc3F)CC2)O1. The van der Waals surface area contributed by atoms with E-state index in [-0.39, 0.29) is 41.1 Å². The largest absolute Gasteiger partial charge is 0.478 e. The Hall–Kier alpha value is -3.15. The number of piperidine rings is 1. The summed E-state index contributed by atoms with van der Waals surface area (Å²) in [7, 11) is 3.94. The van der Waals surface area contributed by atoms with E-state index >= 15 is 4.39 Å². The average Bonchev–Trinajstić information content (AvgIpc) is 3.19. The lowest BCUT2D eigenvalue weighted by atomic mass is 10.0. The summed E-state index contributed by atoms with van der Waals surface area (Å²) >= 11 is 0. The molecule has 1 aromatic carbocycles. The van der Waals surface area contributed by atoms with Crippen molar-refractivity contribution in [2.45, 2.75) is 24.7 Å². The Balaban J connectivity index is 1.43. The fraction of sp³-hybridized carbons (Fsp3) is 0.440. The van der Waals surface area contributed by atoms with Crippen LogP contribution in [0.2, 0.25) is 0 Å². The van der Waals surface area contributed by atoms with Crippen molar-refractivity contribution in [1.29, 1.82) is 0 Å². The van der Waals surface area contributed by atoms with E-state index in [1.165, 1.54) is 23.1 Å². The summed E-state index contributed by atoms with van der Waals surface area (Å²) in [5.41, 5.74) is 0.0841. The molecular weight excluding hydrogens is 477 g/mol. The summed E-state index contributed by atoms with van der Waals surface area (Å²) in [6, 6.07) is 4.21. The van der Waals surface area contributed by atoms with Gasteiger partial charge < -0.3 is 29.3 Å². The van der Waals surface area contributed by atoms with E-state index in [2.05, 4.69) is 4.98 Å². The lowest BCUT2D eigenvalue weighted by molar-refractivity contribution is -0.181. The maximum Gasteiger partial charge on any atom is 0.333 e. The Bertz CT molecular complexity index is 1210. The molecule has 2 aromatic rings. The molecule has 1 atom stereocenters. The van der Waals surface area contributed by atoms with Gasteiger partial charge in [0.05, 0.1) is 30.5 Å². The number of ether oxygens (including phenoxy) is 2. The Kier molecular flexibility index (Phi) is 6.39. The maximum atomic E-state index is 15.2. The number of benzene rings is 1. The molecule has 36 heavy (non-hydrogen) atoms. The number of rotatable bonds is 5. The Morgan fingerprint density at radius 2 is 1.92 bits per heavy atom. The second-order valence-corrected chi connectivity index (χ2v) is 9.57. The molecule has 1 spiro atoms. The van der Waals surface area contributed by atoms with Gasteiger partial charge in [-0.15, -0.1) is 0 Å². The first-order chi connectivity index (χ1) is 17.1. The maximum absolute atomic E-state index is 15.2. The minimum absolute atomic E-state index is 0.0282. The Morgan fingerprint density at radius 1 is 1.17 bits per heavy atom. The van der Waals surface area contributed by atoms with Crippen LogP contribution in [0.25, 0.3) is 6.08 Å². The van der Waals surface area contributed by atoms with Crippen LogP contribution in [0, 0.1) is 17.5 Å². The van der Waals surface area contributed by atoms with Crippen molar-refractivity contribution in [2.75, 3.05) is 56.7 Å². The van der Waals surface area contributed by atoms with Gasteiger partial charge in [-0.2, -0.15) is 0 Å². The summed E-state index contributed by atoms with van der Waals surface area (Å²) in [6.07, 6.45) is 2.34. The van der Waals surface area contributed by atoms with E-state index in [1.807, 2.05) is 19.0 Å². The van der Waals surface area contributed by atoms with Crippen LogP contribution in [0.5, 0.6) is 0 Å². The van der Waals surface area contributed by atoms with Gasteiger partial charge in [-0.05, 0) is 38.4 Å². The molecule has 1 N–H and O–H groups in total. The van der Waals surface area contributed by atoms with Crippen LogP contribution < -0.4 is 9.80 Å². The number of carbonyl (C=O) groups is 1. The first-order valence-corrected chi connectivity index (χ1v) is 11.7. The number of hydrogen-bond acceptors (Lipinski definition) is 7. The first-order valence-electron chi connectivity index (χ1n) is 11.7. The van der Waals surface area contributed by atoms with Crippen LogP contribution >= 0.6 is 0 Å². The van der Waals surface area contributed by atoms with E-state index < -0.39 is 29.2 Å². The molecule has 1 unspecified atom stereocenters. The number of pyridine rings is 1. The second-order valence-electron chi connectivity index (χ2n) is 9.57. The van der Waals surface area contributed by atoms with Gasteiger partial charge in [0.25, 0.3) is 0 Å². The van der Waals surface area contributed by atoms with Crippen LogP contribution in [0.4, 0.5) is 30.5 Å². The van der Waals surface area contributed by atoms with Gasteiger partial charge in [-0.25, -0.2) is 22.9 Å². The molecule has 1 aromatic heterocycles. The summed E-state index contributed by atoms with van der Waals surface area (Å²) in [5.74, 6) is -3.91. The van der Waals surface area contributed by atoms with Gasteiger partial charge in [0.1, 0.15) is 17.5 Å². The van der Waals surface area contributed by atoms with Crippen molar-refractivity contribution in [3.63, 3.8) is 0 Å². The molecule has 5 rings (SSSR count). The highest BCUT2D eigenvalue weighted by molar-refractivity contribution is 5.97. The number of aromatic nitrogens is 1. The Labute approximate surface area is 206 Å². The van der Waals surface area contributed by atoms with E-state index in [0.717, 1.165) is 12.6 Å². The van der Waals surface area contributed by atoms with Crippen LogP contribution in [0.3, 0.4) is 0 Å². The number of likely N-dealkylation sites (N-methyl/N-ethyl adjacent to an activating group) is 1. The molecule has 0 amide bonds. The fourth-order valence-corrected chi connectivity index (χ4v) is 4.97. The summed E-state index contributed by atoms with van der Waals surface area (Å²) < 4.78 is 55.6. The zero-order valence-corrected chi connectivity index (χ0v) is 20.0. The molecule has 0 radical (unpaired) electrons. The smallest absolute Gasteiger partial charge is 0.333 e. The summed E-state index contributed by atoms with van der Waals surface area (Å²) in [5, 5.41) is 9.54. The van der Waals surface area contributed by atoms with Gasteiger partial charge in [0.2, 0.25) is 0 Å². The molecule has 3 aliphatic rings. The summed E-state index contributed by atoms with van der Waals surface area (Å²) in [6.45, 7) is 1.90. The zero-order chi connectivity index (χ0) is 25.6. The average molecular weight is 505 g/mol. The zero-order valence-electron chi connectivity index (χ0n) is 20.0. The minimum atomic E-state index is -1.22. The van der Waals surface area contributed by atoms with Crippen molar-refractivity contribution in [2.24, 2.45) is 0 Å². The summed E-state index contributed by atoms with van der Waals surface area (Å²) in [4.78, 5) is 21.3. The highest BCUT2D eigenvalue weighted by Crippen LogP contribution is 2.40. The monoisotopic (exact) mass is 504 g/mol. The number of halogens is 3. The van der Waals surface area contributed by atoms with Crippen molar-refractivity contribution in [3.8, 4) is 0 Å². The second kappa shape index (κ2) is 9.38. The molecule has 192 valence electrons. The third-order valence-corrected chi connectivity index (χ3v) is 6.66. The molecule has 0 saturated carbocycles. The minimum Gasteiger partial charge on any atom is -0.478 e. The van der Waals surface area contributed by atoms with E-state index in [1.54, 1.807) is 4.90 Å². The molecule has 0 aliphatic carbocycles. The predicted octanol–water partition coefficient (Wildman–Crippen LogP) is 3.39. The van der Waals surface area contributed by atoms with Crippen molar-refractivity contribution >= 4 is 29.4 Å². The lowest BCUT2D eigenvalue weighted by Crippen LogP contribution is -2.46. The lowest BCUT2D eigenvalue weighted by Gasteiger charge is -2.39. The topological polar surface area (TPSA) is 78.4 Å². The van der Waals surface area contributed by atoms with Gasteiger partial charge in [0, 0.05) is 44.1 Å². The van der Waals surface area contributed by atoms with Gasteiger partial charge in [-0.1, -0.05) is 0 Å². The van der Waals surface area contributed by atoms with Crippen molar-refractivity contribution in [3.05, 3.63) is 52.9 Å². The van der Waals surface area contributed by atoms with Crippen LogP contribution in [0.15, 0.2) is 29.8 Å². The number of anilines is 3. The standard InChI is InChI=1S/C25H27F3N4O4/c1-30(2)13-18-14-35-25(36-18)5-7-31(8-6-25)23-20(28)10-15-9-16(24(33)34)12-32(22(15)29-23)21-4-3-17(26)11-19(21)27/h3-4,9-11,18H,5-8,12-14H2,1-2H3,(H,33,34). The van der Waals surface area contributed by atoms with Gasteiger partial charge >= 0.3 is 5.97 Å². The fourth-order valence-electron chi connectivity index (χ4n) is 4.97. The number of nitrogens with zero attached hydrogens (tertiary/aromatic N) is 4.